The molecule has 0 bridgehead atoms. The van der Waals surface area contributed by atoms with E-state index in [0.717, 1.165) is 6.07 Å². The summed E-state index contributed by atoms with van der Waals surface area (Å²) in [6.07, 6.45) is 0.786. The fraction of sp³-hybridized carbons (Fsp3) is 0.120. The Kier molecular flexibility index (Phi) is 7.19. The number of anilines is 1. The number of para-hydroxylation sites is 1. The van der Waals surface area contributed by atoms with Crippen molar-refractivity contribution < 1.29 is 19.1 Å². The molecule has 2 amide bonds. The summed E-state index contributed by atoms with van der Waals surface area (Å²) < 4.78 is 16.0. The molecule has 0 spiro atoms. The topological polar surface area (TPSA) is 109 Å². The van der Waals surface area contributed by atoms with Crippen LogP contribution in [0.4, 0.5) is 10.2 Å². The molecular formula is C25H21ClFN5O3. The summed E-state index contributed by atoms with van der Waals surface area (Å²) in [5, 5.41) is 18.9. The molecule has 0 saturated heterocycles. The van der Waals surface area contributed by atoms with E-state index in [1.807, 2.05) is 6.07 Å². The first-order valence-corrected chi connectivity index (χ1v) is 11.0. The molecule has 0 aliphatic rings. The first-order chi connectivity index (χ1) is 16.8. The number of carbonyl (C=O) groups excluding carboxylic acids is 2. The molecule has 1 atom stereocenters. The predicted molar refractivity (Wildman–Crippen MR) is 130 cm³/mol. The van der Waals surface area contributed by atoms with Gasteiger partial charge in [-0.25, -0.2) is 9.07 Å². The lowest BCUT2D eigenvalue weighted by molar-refractivity contribution is 0.0918. The van der Waals surface area contributed by atoms with Crippen LogP contribution < -0.4 is 10.6 Å². The number of aliphatic hydroxyl groups is 1. The number of pyridine rings is 1. The molecule has 0 aliphatic heterocycles. The number of amides is 2. The number of rotatable bonds is 7. The van der Waals surface area contributed by atoms with E-state index in [2.05, 4.69) is 20.7 Å². The van der Waals surface area contributed by atoms with Crippen LogP contribution in [0.1, 0.15) is 27.8 Å². The zero-order valence-corrected chi connectivity index (χ0v) is 19.3. The van der Waals surface area contributed by atoms with Gasteiger partial charge in [0.05, 0.1) is 28.1 Å². The standard InChI is InChI=1S/C25H21ClFN5O3/c1-15(33)14-29-25(35)22-13-23(32(31-22)16-7-3-2-4-8-16)30-24(34)17-11-18(20(27)12-19(17)26)21-9-5-6-10-28-21/h2-13,15,33H,14H2,1H3,(H,29,35)(H,30,34)/t15-/m1/s1. The second kappa shape index (κ2) is 10.5. The maximum atomic E-state index is 14.6. The highest BCUT2D eigenvalue weighted by Gasteiger charge is 2.21. The highest BCUT2D eigenvalue weighted by Crippen LogP contribution is 2.28. The van der Waals surface area contributed by atoms with Gasteiger partial charge in [-0.1, -0.05) is 35.9 Å². The van der Waals surface area contributed by atoms with Gasteiger partial charge in [-0.3, -0.25) is 14.6 Å². The summed E-state index contributed by atoms with van der Waals surface area (Å²) in [7, 11) is 0. The molecule has 178 valence electrons. The second-order valence-corrected chi connectivity index (χ2v) is 8.11. The molecule has 35 heavy (non-hydrogen) atoms. The fourth-order valence-electron chi connectivity index (χ4n) is 3.30. The van der Waals surface area contributed by atoms with Crippen LogP contribution in [-0.4, -0.2) is 44.3 Å². The number of nitrogens with zero attached hydrogens (tertiary/aromatic N) is 3. The molecule has 0 unspecified atom stereocenters. The van der Waals surface area contributed by atoms with Gasteiger partial charge >= 0.3 is 0 Å². The molecule has 0 aliphatic carbocycles. The van der Waals surface area contributed by atoms with Gasteiger partial charge < -0.3 is 15.7 Å². The second-order valence-electron chi connectivity index (χ2n) is 7.70. The smallest absolute Gasteiger partial charge is 0.271 e. The van der Waals surface area contributed by atoms with Crippen LogP contribution in [0, 0.1) is 5.82 Å². The van der Waals surface area contributed by atoms with E-state index in [1.54, 1.807) is 49.4 Å². The van der Waals surface area contributed by atoms with Gasteiger partial charge in [0.25, 0.3) is 11.8 Å². The van der Waals surface area contributed by atoms with Crippen molar-refractivity contribution in [1.82, 2.24) is 20.1 Å². The van der Waals surface area contributed by atoms with Crippen molar-refractivity contribution in [2.75, 3.05) is 11.9 Å². The summed E-state index contributed by atoms with van der Waals surface area (Å²) in [6, 6.07) is 17.7. The number of carbonyl (C=O) groups is 2. The third kappa shape index (κ3) is 5.53. The fourth-order valence-corrected chi connectivity index (χ4v) is 3.54. The lowest BCUT2D eigenvalue weighted by Crippen LogP contribution is -2.30. The first kappa shape index (κ1) is 24.1. The van der Waals surface area contributed by atoms with E-state index < -0.39 is 23.7 Å². The van der Waals surface area contributed by atoms with E-state index in [4.69, 9.17) is 11.6 Å². The van der Waals surface area contributed by atoms with Crippen molar-refractivity contribution in [3.8, 4) is 16.9 Å². The van der Waals surface area contributed by atoms with Crippen LogP contribution in [-0.2, 0) is 0 Å². The van der Waals surface area contributed by atoms with Crippen molar-refractivity contribution in [1.29, 1.82) is 0 Å². The minimum atomic E-state index is -0.733. The number of hydrogen-bond acceptors (Lipinski definition) is 5. The van der Waals surface area contributed by atoms with Crippen LogP contribution in [0.3, 0.4) is 0 Å². The Balaban J connectivity index is 1.69. The molecule has 2 heterocycles. The van der Waals surface area contributed by atoms with Gasteiger partial charge in [0.15, 0.2) is 5.69 Å². The normalized spacial score (nSPS) is 11.7. The monoisotopic (exact) mass is 493 g/mol. The minimum absolute atomic E-state index is 0.0228. The number of halogens is 2. The minimum Gasteiger partial charge on any atom is -0.392 e. The third-order valence-electron chi connectivity index (χ3n) is 4.98. The van der Waals surface area contributed by atoms with Crippen LogP contribution in [0.5, 0.6) is 0 Å². The van der Waals surface area contributed by atoms with E-state index in [0.29, 0.717) is 11.4 Å². The molecule has 8 nitrogen and oxygen atoms in total. The summed E-state index contributed by atoms with van der Waals surface area (Å²) in [4.78, 5) is 29.8. The Bertz CT molecular complexity index is 1360. The Labute approximate surface area is 205 Å². The van der Waals surface area contributed by atoms with Crippen LogP contribution in [0.25, 0.3) is 16.9 Å². The highest BCUT2D eigenvalue weighted by atomic mass is 35.5. The number of benzene rings is 2. The first-order valence-electron chi connectivity index (χ1n) is 10.7. The molecule has 2 aromatic heterocycles. The number of aliphatic hydroxyl groups excluding tert-OH is 1. The Morgan fingerprint density at radius 2 is 1.83 bits per heavy atom. The average molecular weight is 494 g/mol. The number of hydrogen-bond donors (Lipinski definition) is 3. The van der Waals surface area contributed by atoms with Gasteiger partial charge in [-0.2, -0.15) is 5.10 Å². The summed E-state index contributed by atoms with van der Waals surface area (Å²) >= 11 is 6.20. The maximum absolute atomic E-state index is 14.6. The predicted octanol–water partition coefficient (Wildman–Crippen LogP) is 4.09. The zero-order valence-electron chi connectivity index (χ0n) is 18.6. The van der Waals surface area contributed by atoms with Crippen LogP contribution >= 0.6 is 11.6 Å². The summed E-state index contributed by atoms with van der Waals surface area (Å²) in [5.41, 5.74) is 1.12. The van der Waals surface area contributed by atoms with Crippen molar-refractivity contribution in [2.24, 2.45) is 0 Å². The van der Waals surface area contributed by atoms with Crippen molar-refractivity contribution in [3.05, 3.63) is 95.0 Å². The Morgan fingerprint density at radius 3 is 2.51 bits per heavy atom. The number of aromatic nitrogens is 3. The average Bonchev–Trinajstić information content (AvgIpc) is 3.27. The van der Waals surface area contributed by atoms with Crippen molar-refractivity contribution >= 4 is 29.2 Å². The molecule has 0 radical (unpaired) electrons. The summed E-state index contributed by atoms with van der Waals surface area (Å²) in [6.45, 7) is 1.58. The van der Waals surface area contributed by atoms with Gasteiger partial charge in [-0.05, 0) is 43.3 Å². The SMILES string of the molecule is C[C@@H](O)CNC(=O)c1cc(NC(=O)c2cc(-c3ccccn3)c(F)cc2Cl)n(-c2ccccc2)n1. The lowest BCUT2D eigenvalue weighted by Gasteiger charge is -2.11. The van der Waals surface area contributed by atoms with E-state index in [9.17, 15) is 19.1 Å². The van der Waals surface area contributed by atoms with Crippen LogP contribution in [0.2, 0.25) is 5.02 Å². The molecular weight excluding hydrogens is 473 g/mol. The van der Waals surface area contributed by atoms with Gasteiger partial charge in [-0.15, -0.1) is 0 Å². The Morgan fingerprint density at radius 1 is 1.09 bits per heavy atom. The van der Waals surface area contributed by atoms with E-state index in [1.165, 1.54) is 23.0 Å². The lowest BCUT2D eigenvalue weighted by atomic mass is 10.1. The molecule has 4 aromatic rings. The third-order valence-corrected chi connectivity index (χ3v) is 5.30. The molecule has 10 heteroatoms. The Hall–Kier alpha value is -4.08. The maximum Gasteiger partial charge on any atom is 0.271 e. The quantitative estimate of drug-likeness (QED) is 0.359. The van der Waals surface area contributed by atoms with Crippen LogP contribution in [0.15, 0.2) is 72.9 Å². The summed E-state index contributed by atoms with van der Waals surface area (Å²) in [5.74, 6) is -1.56. The molecule has 4 rings (SSSR count). The van der Waals surface area contributed by atoms with E-state index in [-0.39, 0.29) is 34.2 Å². The van der Waals surface area contributed by atoms with Crippen molar-refractivity contribution in [3.63, 3.8) is 0 Å². The molecule has 0 saturated carbocycles. The molecule has 3 N–H and O–H groups in total. The highest BCUT2D eigenvalue weighted by molar-refractivity contribution is 6.34. The zero-order chi connectivity index (χ0) is 24.9. The molecule has 0 fully saturated rings. The number of nitrogens with one attached hydrogen (secondary N) is 2. The van der Waals surface area contributed by atoms with Gasteiger partial charge in [0, 0.05) is 24.4 Å². The van der Waals surface area contributed by atoms with Gasteiger partial charge in [0.2, 0.25) is 0 Å². The van der Waals surface area contributed by atoms with E-state index >= 15 is 0 Å². The largest absolute Gasteiger partial charge is 0.392 e. The van der Waals surface area contributed by atoms with Gasteiger partial charge in [0.1, 0.15) is 11.6 Å². The van der Waals surface area contributed by atoms with Crippen molar-refractivity contribution in [2.45, 2.75) is 13.0 Å². The molecule has 2 aromatic carbocycles.